The first-order valence-electron chi connectivity index (χ1n) is 14.2. The van der Waals surface area contributed by atoms with Gasteiger partial charge in [-0.3, -0.25) is 9.59 Å². The van der Waals surface area contributed by atoms with Crippen LogP contribution in [-0.2, 0) is 9.59 Å². The average Bonchev–Trinajstić information content (AvgIpc) is 3.17. The summed E-state index contributed by atoms with van der Waals surface area (Å²) in [6.07, 6.45) is 2.46. The Morgan fingerprint density at radius 3 is 2.33 bits per heavy atom. The second-order valence-corrected chi connectivity index (χ2v) is 10.7. The summed E-state index contributed by atoms with van der Waals surface area (Å²) in [5.41, 5.74) is 1.18. The Hall–Kier alpha value is -3.52. The van der Waals surface area contributed by atoms with Gasteiger partial charge in [0.2, 0.25) is 0 Å². The molecular formula is C32H44N2O6. The smallest absolute Gasteiger partial charge is 0.295 e. The fourth-order valence-electron chi connectivity index (χ4n) is 4.59. The van der Waals surface area contributed by atoms with Crippen LogP contribution in [0.3, 0.4) is 0 Å². The number of ether oxygens (including phenoxy) is 3. The van der Waals surface area contributed by atoms with E-state index < -0.39 is 17.7 Å². The van der Waals surface area contributed by atoms with Crippen LogP contribution >= 0.6 is 0 Å². The lowest BCUT2D eigenvalue weighted by Crippen LogP contribution is -2.32. The van der Waals surface area contributed by atoms with E-state index in [2.05, 4.69) is 13.8 Å². The standard InChI is InChI=1S/C32H44N2O6/c1-7-19-39-25-13-10-23(11-14-25)30(35)28-29(34(32(37)31(28)36)18-9-17-33(5)6)24-12-15-26(27(21-24)38-8-2)40-20-16-22(3)4/h10-15,21-22,29,35H,7-9,16-20H2,1-6H3. The van der Waals surface area contributed by atoms with Crippen LogP contribution in [0.4, 0.5) is 0 Å². The first-order valence-corrected chi connectivity index (χ1v) is 14.2. The molecule has 0 spiro atoms. The summed E-state index contributed by atoms with van der Waals surface area (Å²) in [4.78, 5) is 30.3. The van der Waals surface area contributed by atoms with Gasteiger partial charge >= 0.3 is 0 Å². The van der Waals surface area contributed by atoms with Crippen LogP contribution in [0.25, 0.3) is 5.76 Å². The number of rotatable bonds is 15. The maximum Gasteiger partial charge on any atom is 0.295 e. The quantitative estimate of drug-likeness (QED) is 0.173. The SMILES string of the molecule is CCCOc1ccc(C(O)=C2C(=O)C(=O)N(CCCN(C)C)C2c2ccc(OCCC(C)C)c(OCC)c2)cc1. The molecule has 1 heterocycles. The molecule has 8 nitrogen and oxygen atoms in total. The molecule has 0 aromatic heterocycles. The predicted molar refractivity (Wildman–Crippen MR) is 157 cm³/mol. The van der Waals surface area contributed by atoms with Gasteiger partial charge in [-0.15, -0.1) is 0 Å². The van der Waals surface area contributed by atoms with Crippen LogP contribution in [0.5, 0.6) is 17.2 Å². The Balaban J connectivity index is 2.05. The summed E-state index contributed by atoms with van der Waals surface area (Å²) in [5.74, 6) is 0.795. The molecule has 3 rings (SSSR count). The van der Waals surface area contributed by atoms with E-state index in [1.54, 1.807) is 29.2 Å². The molecule has 1 atom stereocenters. The molecule has 1 fully saturated rings. The monoisotopic (exact) mass is 552 g/mol. The Labute approximate surface area is 238 Å². The summed E-state index contributed by atoms with van der Waals surface area (Å²) in [6.45, 7) is 10.9. The van der Waals surface area contributed by atoms with Gasteiger partial charge in [-0.1, -0.05) is 26.8 Å². The Morgan fingerprint density at radius 2 is 1.70 bits per heavy atom. The molecule has 1 aliphatic rings. The number of benzene rings is 2. The molecule has 1 N–H and O–H groups in total. The van der Waals surface area contributed by atoms with Crippen LogP contribution in [0.15, 0.2) is 48.0 Å². The lowest BCUT2D eigenvalue weighted by Gasteiger charge is -2.26. The number of likely N-dealkylation sites (tertiary alicyclic amines) is 1. The second-order valence-electron chi connectivity index (χ2n) is 10.7. The van der Waals surface area contributed by atoms with Crippen molar-refractivity contribution in [3.63, 3.8) is 0 Å². The van der Waals surface area contributed by atoms with Gasteiger partial charge in [-0.25, -0.2) is 0 Å². The minimum Gasteiger partial charge on any atom is -0.507 e. The molecule has 2 aromatic carbocycles. The molecule has 1 amide bonds. The third kappa shape index (κ3) is 7.78. The maximum absolute atomic E-state index is 13.4. The van der Waals surface area contributed by atoms with E-state index in [1.807, 2.05) is 51.0 Å². The van der Waals surface area contributed by atoms with Crippen molar-refractivity contribution >= 4 is 17.4 Å². The van der Waals surface area contributed by atoms with E-state index in [9.17, 15) is 14.7 Å². The molecule has 8 heteroatoms. The first-order chi connectivity index (χ1) is 19.2. The summed E-state index contributed by atoms with van der Waals surface area (Å²) >= 11 is 0. The molecule has 1 saturated heterocycles. The van der Waals surface area contributed by atoms with Crippen molar-refractivity contribution in [2.45, 2.75) is 53.0 Å². The highest BCUT2D eigenvalue weighted by atomic mass is 16.5. The summed E-state index contributed by atoms with van der Waals surface area (Å²) < 4.78 is 17.6. The number of carbonyl (C=O) groups excluding carboxylic acids is 2. The van der Waals surface area contributed by atoms with Gasteiger partial charge in [0, 0.05) is 12.1 Å². The van der Waals surface area contributed by atoms with E-state index in [-0.39, 0.29) is 11.3 Å². The van der Waals surface area contributed by atoms with Gasteiger partial charge in [0.15, 0.2) is 11.5 Å². The molecule has 1 aliphatic heterocycles. The topological polar surface area (TPSA) is 88.5 Å². The molecule has 218 valence electrons. The van der Waals surface area contributed by atoms with E-state index in [0.29, 0.717) is 67.1 Å². The molecule has 0 aliphatic carbocycles. The number of aliphatic hydroxyl groups is 1. The first kappa shape index (κ1) is 31.0. The van der Waals surface area contributed by atoms with Gasteiger partial charge in [0.25, 0.3) is 11.7 Å². The number of amides is 1. The van der Waals surface area contributed by atoms with Crippen molar-refractivity contribution in [1.82, 2.24) is 9.80 Å². The molecule has 2 aromatic rings. The summed E-state index contributed by atoms with van der Waals surface area (Å²) in [5, 5.41) is 11.4. The molecule has 0 saturated carbocycles. The van der Waals surface area contributed by atoms with Crippen LogP contribution in [0, 0.1) is 5.92 Å². The zero-order valence-corrected chi connectivity index (χ0v) is 24.7. The summed E-state index contributed by atoms with van der Waals surface area (Å²) in [6, 6.07) is 11.6. The molecule has 0 radical (unpaired) electrons. The molecule has 1 unspecified atom stereocenters. The van der Waals surface area contributed by atoms with Crippen molar-refractivity contribution in [1.29, 1.82) is 0 Å². The molecule has 40 heavy (non-hydrogen) atoms. The second kappa shape index (κ2) is 14.7. The number of hydrogen-bond donors (Lipinski definition) is 1. The highest BCUT2D eigenvalue weighted by molar-refractivity contribution is 6.46. The van der Waals surface area contributed by atoms with Crippen molar-refractivity contribution in [3.8, 4) is 17.2 Å². The fourth-order valence-corrected chi connectivity index (χ4v) is 4.59. The van der Waals surface area contributed by atoms with Crippen LogP contribution in [0.2, 0.25) is 0 Å². The lowest BCUT2D eigenvalue weighted by atomic mass is 9.95. The number of aliphatic hydroxyl groups excluding tert-OH is 1. The van der Waals surface area contributed by atoms with Gasteiger partial charge in [-0.05, 0) is 94.7 Å². The minimum absolute atomic E-state index is 0.0630. The number of ketones is 1. The van der Waals surface area contributed by atoms with Crippen molar-refractivity contribution in [3.05, 3.63) is 59.2 Å². The van der Waals surface area contributed by atoms with E-state index in [4.69, 9.17) is 14.2 Å². The van der Waals surface area contributed by atoms with Crippen LogP contribution in [0.1, 0.15) is 64.1 Å². The lowest BCUT2D eigenvalue weighted by molar-refractivity contribution is -0.139. The maximum atomic E-state index is 13.4. The Kier molecular flexibility index (Phi) is 11.4. The van der Waals surface area contributed by atoms with E-state index in [0.717, 1.165) is 19.4 Å². The number of nitrogens with zero attached hydrogens (tertiary/aromatic N) is 2. The average molecular weight is 553 g/mol. The highest BCUT2D eigenvalue weighted by Gasteiger charge is 2.46. The zero-order chi connectivity index (χ0) is 29.2. The van der Waals surface area contributed by atoms with Gasteiger partial charge in [0.05, 0.1) is 31.4 Å². The van der Waals surface area contributed by atoms with Gasteiger partial charge in [-0.2, -0.15) is 0 Å². The zero-order valence-electron chi connectivity index (χ0n) is 24.7. The summed E-state index contributed by atoms with van der Waals surface area (Å²) in [7, 11) is 3.93. The third-order valence-corrected chi connectivity index (χ3v) is 6.68. The van der Waals surface area contributed by atoms with Crippen molar-refractivity contribution in [2.24, 2.45) is 5.92 Å². The Bertz CT molecular complexity index is 1170. The minimum atomic E-state index is -0.762. The van der Waals surface area contributed by atoms with Gasteiger partial charge < -0.3 is 29.1 Å². The molecule has 0 bridgehead atoms. The normalized spacial score (nSPS) is 16.7. The number of carbonyl (C=O) groups is 2. The molecular weight excluding hydrogens is 508 g/mol. The fraction of sp³-hybridized carbons (Fsp3) is 0.500. The van der Waals surface area contributed by atoms with E-state index >= 15 is 0 Å². The highest BCUT2D eigenvalue weighted by Crippen LogP contribution is 2.42. The van der Waals surface area contributed by atoms with E-state index in [1.165, 1.54) is 0 Å². The number of hydrogen-bond acceptors (Lipinski definition) is 7. The Morgan fingerprint density at radius 1 is 0.975 bits per heavy atom. The van der Waals surface area contributed by atoms with Crippen LogP contribution in [-0.4, -0.2) is 73.6 Å². The van der Waals surface area contributed by atoms with Crippen LogP contribution < -0.4 is 14.2 Å². The number of Topliss-reactive ketones (excluding diaryl/α,β-unsaturated/α-hetero) is 1. The largest absolute Gasteiger partial charge is 0.507 e. The van der Waals surface area contributed by atoms with Crippen molar-refractivity contribution in [2.75, 3.05) is 47.0 Å². The third-order valence-electron chi connectivity index (χ3n) is 6.68. The van der Waals surface area contributed by atoms with Crippen molar-refractivity contribution < 1.29 is 28.9 Å². The predicted octanol–water partition coefficient (Wildman–Crippen LogP) is 5.67. The van der Waals surface area contributed by atoms with Gasteiger partial charge in [0.1, 0.15) is 11.5 Å².